The second kappa shape index (κ2) is 8.63. The number of hydrogen-bond donors (Lipinski definition) is 0. The Kier molecular flexibility index (Phi) is 7.03. The van der Waals surface area contributed by atoms with Gasteiger partial charge in [-0.2, -0.15) is 31.4 Å². The first-order valence-electron chi connectivity index (χ1n) is 8.90. The smallest absolute Gasteiger partial charge is 0.433 e. The van der Waals surface area contributed by atoms with Gasteiger partial charge in [-0.15, -0.1) is 0 Å². The molecule has 0 spiro atoms. The van der Waals surface area contributed by atoms with Crippen molar-refractivity contribution in [2.45, 2.75) is 19.3 Å². The van der Waals surface area contributed by atoms with E-state index in [0.717, 1.165) is 14.2 Å². The van der Waals surface area contributed by atoms with Gasteiger partial charge in [-0.25, -0.2) is 4.79 Å². The number of esters is 1. The zero-order chi connectivity index (χ0) is 24.8. The number of aromatic nitrogens is 2. The van der Waals surface area contributed by atoms with Gasteiger partial charge in [0.25, 0.3) is 0 Å². The summed E-state index contributed by atoms with van der Waals surface area (Å²) in [5.74, 6) is -0.690. The van der Waals surface area contributed by atoms with Gasteiger partial charge in [-0.05, 0) is 49.6 Å². The Balaban J connectivity index is 2.90. The molecule has 0 fully saturated rings. The van der Waals surface area contributed by atoms with Crippen LogP contribution >= 0.6 is 18.5 Å². The molecule has 1 aromatic carbocycles. The molecule has 0 bridgehead atoms. The van der Waals surface area contributed by atoms with E-state index in [-0.39, 0.29) is 31.7 Å². The number of halogens is 7. The van der Waals surface area contributed by atoms with Crippen molar-refractivity contribution in [3.05, 3.63) is 44.9 Å². The summed E-state index contributed by atoms with van der Waals surface area (Å²) >= 11 is 6.24. The molecule has 32 heavy (non-hydrogen) atoms. The van der Waals surface area contributed by atoms with Gasteiger partial charge in [0.2, 0.25) is 0 Å². The van der Waals surface area contributed by atoms with E-state index in [2.05, 4.69) is 11.4 Å². The number of ether oxygens (including phenoxy) is 1. The van der Waals surface area contributed by atoms with Crippen LogP contribution in [0.15, 0.2) is 17.4 Å². The van der Waals surface area contributed by atoms with Gasteiger partial charge in [0.1, 0.15) is 11.3 Å². The number of nitrogens with zero attached hydrogens (tertiary/aromatic N) is 2. The van der Waals surface area contributed by atoms with Crippen molar-refractivity contribution in [2.24, 2.45) is 7.05 Å². The van der Waals surface area contributed by atoms with Crippen LogP contribution < -0.4 is 0 Å². The van der Waals surface area contributed by atoms with Gasteiger partial charge in [0.05, 0.1) is 12.4 Å². The van der Waals surface area contributed by atoms with Gasteiger partial charge < -0.3 is 4.74 Å². The van der Waals surface area contributed by atoms with Crippen molar-refractivity contribution in [3.63, 3.8) is 0 Å². The molecule has 12 heteroatoms. The molecule has 176 valence electrons. The number of carbonyl (C=O) groups excluding carboxylic acids is 1. The Labute approximate surface area is 185 Å². The first kappa shape index (κ1) is 26.1. The van der Waals surface area contributed by atoms with Crippen molar-refractivity contribution in [3.8, 4) is 11.3 Å². The molecule has 2 rings (SSSR count). The van der Waals surface area contributed by atoms with Gasteiger partial charge in [0, 0.05) is 17.6 Å². The van der Waals surface area contributed by atoms with Crippen molar-refractivity contribution in [2.75, 3.05) is 20.4 Å². The van der Waals surface area contributed by atoms with Gasteiger partial charge in [-0.1, -0.05) is 24.8 Å². The third kappa shape index (κ3) is 5.23. The monoisotopic (exact) mass is 500 g/mol. The van der Waals surface area contributed by atoms with Crippen molar-refractivity contribution in [1.29, 1.82) is 0 Å². The van der Waals surface area contributed by atoms with Crippen LogP contribution in [0.3, 0.4) is 0 Å². The Morgan fingerprint density at radius 1 is 1.19 bits per heavy atom. The van der Waals surface area contributed by atoms with Crippen LogP contribution in [0.1, 0.15) is 22.4 Å². The van der Waals surface area contributed by atoms with Gasteiger partial charge in [-0.3, -0.25) is 4.68 Å². The Bertz CT molecular complexity index is 1140. The van der Waals surface area contributed by atoms with E-state index < -0.39 is 42.2 Å². The Morgan fingerprint density at radius 3 is 2.19 bits per heavy atom. The lowest BCUT2D eigenvalue weighted by molar-refractivity contribution is -0.165. The molecule has 2 aromatic rings. The molecule has 0 aliphatic rings. The molecule has 0 saturated heterocycles. The van der Waals surface area contributed by atoms with E-state index in [0.29, 0.717) is 0 Å². The predicted octanol–water partition coefficient (Wildman–Crippen LogP) is 6.31. The van der Waals surface area contributed by atoms with Crippen LogP contribution in [-0.2, 0) is 28.9 Å². The maximum absolute atomic E-state index is 13.7. The molecule has 1 aromatic heterocycles. The van der Waals surface area contributed by atoms with Crippen molar-refractivity contribution < 1.29 is 35.9 Å². The highest BCUT2D eigenvalue weighted by Gasteiger charge is 2.49. The second-order valence-corrected chi connectivity index (χ2v) is 11.8. The fourth-order valence-corrected chi connectivity index (χ4v) is 4.44. The summed E-state index contributed by atoms with van der Waals surface area (Å²) < 4.78 is 86.2. The highest BCUT2D eigenvalue weighted by Crippen LogP contribution is 2.49. The lowest BCUT2D eigenvalue weighted by Gasteiger charge is -2.17. The standard InChI is InChI=1S/C20H20ClF6N2O2P/c1-10-7-13(21)11(9-14(18(30)31-3)32(4,5)6)8-12(10)16-15(19(22,23)24)17(20(25,26)27)29(2)28-16/h7-9H,4H2,1-3,5-6H3/b14-9+. The molecule has 0 amide bonds. The zero-order valence-electron chi connectivity index (χ0n) is 17.7. The molecule has 0 unspecified atom stereocenters. The highest BCUT2D eigenvalue weighted by atomic mass is 35.5. The molecule has 0 atom stereocenters. The predicted molar refractivity (Wildman–Crippen MR) is 114 cm³/mol. The number of carbonyl (C=O) groups is 1. The summed E-state index contributed by atoms with van der Waals surface area (Å²) in [6.45, 7) is 2.62. The lowest BCUT2D eigenvalue weighted by Crippen LogP contribution is -2.19. The first-order valence-corrected chi connectivity index (χ1v) is 12.1. The molecule has 0 aliphatic heterocycles. The Morgan fingerprint density at radius 2 is 1.75 bits per heavy atom. The zero-order valence-corrected chi connectivity index (χ0v) is 19.4. The fraction of sp³-hybridized carbons (Fsp3) is 0.350. The van der Waals surface area contributed by atoms with Crippen LogP contribution in [0.25, 0.3) is 17.3 Å². The quantitative estimate of drug-likeness (QED) is 0.214. The molecule has 4 nitrogen and oxygen atoms in total. The van der Waals surface area contributed by atoms with E-state index in [9.17, 15) is 31.1 Å². The van der Waals surface area contributed by atoms with E-state index in [4.69, 9.17) is 16.3 Å². The van der Waals surface area contributed by atoms with Crippen molar-refractivity contribution in [1.82, 2.24) is 9.78 Å². The number of alkyl halides is 6. The SMILES string of the molecule is C=P(C)(C)/C(=C/c1cc(-c2nn(C)c(C(F)(F)F)c2C(F)(F)F)c(C)cc1Cl)C(=O)OC. The first-order chi connectivity index (χ1) is 14.4. The van der Waals surface area contributed by atoms with Crippen LogP contribution in [-0.4, -0.2) is 42.5 Å². The molecular weight excluding hydrogens is 481 g/mol. The molecular formula is C20H20ClF6N2O2P. The minimum absolute atomic E-state index is 0.0848. The highest BCUT2D eigenvalue weighted by molar-refractivity contribution is 7.77. The topological polar surface area (TPSA) is 44.1 Å². The maximum atomic E-state index is 13.7. The minimum Gasteiger partial charge on any atom is -0.465 e. The summed E-state index contributed by atoms with van der Waals surface area (Å²) in [7, 11) is 1.95. The second-order valence-electron chi connectivity index (χ2n) is 7.59. The van der Waals surface area contributed by atoms with E-state index in [1.807, 2.05) is 0 Å². The fourth-order valence-electron chi connectivity index (χ4n) is 3.09. The molecule has 0 radical (unpaired) electrons. The third-order valence-electron chi connectivity index (χ3n) is 4.54. The summed E-state index contributed by atoms with van der Waals surface area (Å²) in [6, 6.07) is 2.47. The Hall–Kier alpha value is -2.19. The number of hydrogen-bond acceptors (Lipinski definition) is 3. The number of aryl methyl sites for hydroxylation is 2. The third-order valence-corrected chi connectivity index (χ3v) is 6.48. The molecule has 1 heterocycles. The van der Waals surface area contributed by atoms with Crippen LogP contribution in [0.4, 0.5) is 26.3 Å². The van der Waals surface area contributed by atoms with Crippen LogP contribution in [0, 0.1) is 6.92 Å². The van der Waals surface area contributed by atoms with Gasteiger partial charge >= 0.3 is 18.3 Å². The van der Waals surface area contributed by atoms with E-state index in [1.54, 1.807) is 13.3 Å². The summed E-state index contributed by atoms with van der Waals surface area (Å²) in [5.41, 5.74) is -4.61. The molecule has 0 aliphatic carbocycles. The van der Waals surface area contributed by atoms with Crippen LogP contribution in [0.2, 0.25) is 5.02 Å². The maximum Gasteiger partial charge on any atom is 0.433 e. The summed E-state index contributed by atoms with van der Waals surface area (Å²) in [4.78, 5) is 12.2. The summed E-state index contributed by atoms with van der Waals surface area (Å²) in [6.07, 6.45) is -5.31. The average Bonchev–Trinajstić information content (AvgIpc) is 2.97. The molecule has 0 N–H and O–H groups in total. The number of benzene rings is 1. The van der Waals surface area contributed by atoms with E-state index in [1.165, 1.54) is 25.1 Å². The summed E-state index contributed by atoms with van der Waals surface area (Å²) in [5, 5.41) is 3.80. The van der Waals surface area contributed by atoms with Crippen molar-refractivity contribution >= 4 is 36.8 Å². The van der Waals surface area contributed by atoms with E-state index >= 15 is 0 Å². The minimum atomic E-state index is -5.32. The van der Waals surface area contributed by atoms with Crippen LogP contribution in [0.5, 0.6) is 0 Å². The largest absolute Gasteiger partial charge is 0.465 e. The number of methoxy groups -OCH3 is 1. The average molecular weight is 501 g/mol. The molecule has 0 saturated carbocycles. The normalized spacial score (nSPS) is 13.4. The number of rotatable bonds is 4. The van der Waals surface area contributed by atoms with Gasteiger partial charge in [0.15, 0.2) is 5.69 Å². The lowest BCUT2D eigenvalue weighted by atomic mass is 9.98.